The molecule has 1 aromatic carbocycles. The summed E-state index contributed by atoms with van der Waals surface area (Å²) in [5.74, 6) is 4.20. The minimum absolute atomic E-state index is 0.0723. The maximum atomic E-state index is 12.5. The Labute approximate surface area is 169 Å². The molecule has 4 aliphatic carbocycles. The van der Waals surface area contributed by atoms with Gasteiger partial charge in [-0.05, 0) is 68.3 Å². The highest BCUT2D eigenvalue weighted by atomic mass is 16.2. The van der Waals surface area contributed by atoms with E-state index in [1.54, 1.807) is 0 Å². The van der Waals surface area contributed by atoms with Gasteiger partial charge in [0.1, 0.15) is 0 Å². The molecule has 1 N–H and O–H groups in total. The zero-order valence-corrected chi connectivity index (χ0v) is 17.2. The smallest absolute Gasteiger partial charge is 0.234 e. The second kappa shape index (κ2) is 7.79. The van der Waals surface area contributed by atoms with Crippen LogP contribution >= 0.6 is 0 Å². The predicted octanol–water partition coefficient (Wildman–Crippen LogP) is 3.31. The van der Waals surface area contributed by atoms with Crippen molar-refractivity contribution in [1.82, 2.24) is 15.1 Å². The summed E-state index contributed by atoms with van der Waals surface area (Å²) in [6.07, 6.45) is 7.52. The summed E-state index contributed by atoms with van der Waals surface area (Å²) >= 11 is 0. The quantitative estimate of drug-likeness (QED) is 0.850. The topological polar surface area (TPSA) is 35.6 Å². The third-order valence-electron chi connectivity index (χ3n) is 8.05. The van der Waals surface area contributed by atoms with Gasteiger partial charge < -0.3 is 5.32 Å². The van der Waals surface area contributed by atoms with Crippen molar-refractivity contribution in [2.45, 2.75) is 51.1 Å². The summed E-state index contributed by atoms with van der Waals surface area (Å²) in [5.41, 5.74) is 1.17. The SMILES string of the molecule is CC(NC(=O)CN1CCN(C2C3CC4CC(C3)CC2C4)CC1)c1ccccc1. The highest BCUT2D eigenvalue weighted by molar-refractivity contribution is 5.78. The number of nitrogens with one attached hydrogen (secondary N) is 1. The molecule has 1 heterocycles. The number of benzene rings is 1. The number of nitrogens with zero attached hydrogens (tertiary/aromatic N) is 2. The molecule has 1 unspecified atom stereocenters. The van der Waals surface area contributed by atoms with E-state index < -0.39 is 0 Å². The zero-order valence-electron chi connectivity index (χ0n) is 17.2. The van der Waals surface area contributed by atoms with E-state index in [4.69, 9.17) is 0 Å². The van der Waals surface area contributed by atoms with Crippen LogP contribution in [0.15, 0.2) is 30.3 Å². The molecular weight excluding hydrogens is 346 g/mol. The molecule has 0 aromatic heterocycles. The monoisotopic (exact) mass is 381 g/mol. The van der Waals surface area contributed by atoms with Crippen LogP contribution in [0.25, 0.3) is 0 Å². The molecule has 6 rings (SSSR count). The van der Waals surface area contributed by atoms with E-state index in [1.807, 2.05) is 18.2 Å². The van der Waals surface area contributed by atoms with Gasteiger partial charge in [0.05, 0.1) is 12.6 Å². The normalized spacial score (nSPS) is 36.4. The van der Waals surface area contributed by atoms with E-state index in [2.05, 4.69) is 34.2 Å². The van der Waals surface area contributed by atoms with Gasteiger partial charge in [-0.15, -0.1) is 0 Å². The maximum Gasteiger partial charge on any atom is 0.234 e. The lowest BCUT2D eigenvalue weighted by Crippen LogP contribution is -2.60. The second-order valence-corrected chi connectivity index (χ2v) is 9.93. The van der Waals surface area contributed by atoms with Crippen molar-refractivity contribution in [2.75, 3.05) is 32.7 Å². The van der Waals surface area contributed by atoms with E-state index in [0.717, 1.165) is 55.9 Å². The standard InChI is InChI=1S/C24H35N3O/c1-17(20-5-3-2-4-6-20)25-23(28)16-26-7-9-27(10-8-26)24-21-12-18-11-19(14-21)15-22(24)13-18/h2-6,17-19,21-22,24H,7-16H2,1H3,(H,25,28). The molecule has 1 amide bonds. The number of carbonyl (C=O) groups excluding carboxylic acids is 1. The van der Waals surface area contributed by atoms with Crippen LogP contribution in [-0.4, -0.2) is 54.5 Å². The first-order valence-electron chi connectivity index (χ1n) is 11.5. The summed E-state index contributed by atoms with van der Waals surface area (Å²) in [6, 6.07) is 11.2. The minimum atomic E-state index is 0.0723. The third kappa shape index (κ3) is 3.73. The molecule has 4 bridgehead atoms. The molecule has 28 heavy (non-hydrogen) atoms. The fourth-order valence-electron chi connectivity index (χ4n) is 7.03. The molecule has 1 atom stereocenters. The van der Waals surface area contributed by atoms with Gasteiger partial charge in [-0.3, -0.25) is 14.6 Å². The van der Waals surface area contributed by atoms with Gasteiger partial charge in [-0.1, -0.05) is 30.3 Å². The van der Waals surface area contributed by atoms with Crippen molar-refractivity contribution in [2.24, 2.45) is 23.7 Å². The van der Waals surface area contributed by atoms with Crippen molar-refractivity contribution in [3.8, 4) is 0 Å². The lowest BCUT2D eigenvalue weighted by molar-refractivity contribution is -0.124. The molecule has 152 valence electrons. The predicted molar refractivity (Wildman–Crippen MR) is 112 cm³/mol. The van der Waals surface area contributed by atoms with Crippen molar-refractivity contribution in [1.29, 1.82) is 0 Å². The average Bonchev–Trinajstić information content (AvgIpc) is 2.69. The Balaban J connectivity index is 1.10. The first-order chi connectivity index (χ1) is 13.7. The van der Waals surface area contributed by atoms with Crippen molar-refractivity contribution in [3.05, 3.63) is 35.9 Å². The summed E-state index contributed by atoms with van der Waals surface area (Å²) in [6.45, 7) is 6.97. The van der Waals surface area contributed by atoms with Crippen LogP contribution in [0.3, 0.4) is 0 Å². The number of rotatable bonds is 5. The first kappa shape index (κ1) is 18.6. The Hall–Kier alpha value is -1.39. The lowest BCUT2D eigenvalue weighted by Gasteiger charge is -2.58. The van der Waals surface area contributed by atoms with E-state index in [9.17, 15) is 4.79 Å². The van der Waals surface area contributed by atoms with Gasteiger partial charge >= 0.3 is 0 Å². The molecule has 5 fully saturated rings. The fraction of sp³-hybridized carbons (Fsp3) is 0.708. The third-order valence-corrected chi connectivity index (χ3v) is 8.05. The molecule has 1 aromatic rings. The Morgan fingerprint density at radius 3 is 2.18 bits per heavy atom. The van der Waals surface area contributed by atoms with E-state index >= 15 is 0 Å². The molecule has 5 aliphatic rings. The molecule has 4 heteroatoms. The number of hydrogen-bond donors (Lipinski definition) is 1. The largest absolute Gasteiger partial charge is 0.348 e. The van der Waals surface area contributed by atoms with Gasteiger partial charge in [0.25, 0.3) is 0 Å². The van der Waals surface area contributed by atoms with Crippen LogP contribution in [0.1, 0.15) is 50.6 Å². The van der Waals surface area contributed by atoms with Crippen molar-refractivity contribution >= 4 is 5.91 Å². The lowest BCUT2D eigenvalue weighted by atomic mass is 9.54. The van der Waals surface area contributed by atoms with E-state index in [1.165, 1.54) is 37.7 Å². The molecular formula is C24H35N3O. The fourth-order valence-corrected chi connectivity index (χ4v) is 7.03. The van der Waals surface area contributed by atoms with Crippen LogP contribution in [0.4, 0.5) is 0 Å². The summed E-state index contributed by atoms with van der Waals surface area (Å²) in [4.78, 5) is 17.7. The summed E-state index contributed by atoms with van der Waals surface area (Å²) < 4.78 is 0. The maximum absolute atomic E-state index is 12.5. The van der Waals surface area contributed by atoms with Crippen LogP contribution in [0.2, 0.25) is 0 Å². The highest BCUT2D eigenvalue weighted by Crippen LogP contribution is 2.55. The van der Waals surface area contributed by atoms with Gasteiger partial charge in [0, 0.05) is 32.2 Å². The molecule has 1 aliphatic heterocycles. The second-order valence-electron chi connectivity index (χ2n) is 9.93. The van der Waals surface area contributed by atoms with Crippen LogP contribution in [0.5, 0.6) is 0 Å². The summed E-state index contributed by atoms with van der Waals surface area (Å²) in [5, 5.41) is 3.17. The van der Waals surface area contributed by atoms with Gasteiger partial charge in [0.2, 0.25) is 5.91 Å². The Morgan fingerprint density at radius 2 is 1.57 bits per heavy atom. The zero-order chi connectivity index (χ0) is 19.1. The van der Waals surface area contributed by atoms with Gasteiger partial charge in [-0.2, -0.15) is 0 Å². The van der Waals surface area contributed by atoms with Crippen molar-refractivity contribution < 1.29 is 4.79 Å². The Kier molecular flexibility index (Phi) is 5.18. The molecule has 0 spiro atoms. The highest BCUT2D eigenvalue weighted by Gasteiger charge is 2.50. The first-order valence-corrected chi connectivity index (χ1v) is 11.5. The number of carbonyl (C=O) groups is 1. The van der Waals surface area contributed by atoms with Crippen LogP contribution in [-0.2, 0) is 4.79 Å². The number of hydrogen-bond acceptors (Lipinski definition) is 3. The summed E-state index contributed by atoms with van der Waals surface area (Å²) in [7, 11) is 0. The van der Waals surface area contributed by atoms with E-state index in [0.29, 0.717) is 6.54 Å². The molecule has 1 saturated heterocycles. The van der Waals surface area contributed by atoms with Crippen molar-refractivity contribution in [3.63, 3.8) is 0 Å². The number of amides is 1. The molecule has 4 saturated carbocycles. The van der Waals surface area contributed by atoms with Gasteiger partial charge in [0.15, 0.2) is 0 Å². The van der Waals surface area contributed by atoms with E-state index in [-0.39, 0.29) is 11.9 Å². The molecule has 4 nitrogen and oxygen atoms in total. The number of piperazine rings is 1. The minimum Gasteiger partial charge on any atom is -0.348 e. The van der Waals surface area contributed by atoms with Crippen LogP contribution in [0, 0.1) is 23.7 Å². The average molecular weight is 382 g/mol. The Morgan fingerprint density at radius 1 is 0.964 bits per heavy atom. The Bertz CT molecular complexity index is 654. The van der Waals surface area contributed by atoms with Crippen LogP contribution < -0.4 is 5.32 Å². The van der Waals surface area contributed by atoms with Gasteiger partial charge in [-0.25, -0.2) is 0 Å². The molecule has 0 radical (unpaired) electrons.